The number of aromatic nitrogens is 3. The minimum Gasteiger partial charge on any atom is -0.497 e. The van der Waals surface area contributed by atoms with E-state index in [1.807, 2.05) is 19.1 Å². The Balaban J connectivity index is 1.22. The van der Waals surface area contributed by atoms with Gasteiger partial charge < -0.3 is 14.6 Å². The standard InChI is InChI=1S/C30H33N5O2/c1-21-7-4-5-10-27(21)24-13-11-23(12-14-24)20-34-16-15-28-32-33-29(35(28)18-17-34)22(2)31-30(36)25-8-6-9-26(19-25)37-3/h4-14,19,22H,15-18,20H2,1-3H3,(H,31,36)/t22-/m1/s1. The molecule has 7 nitrogen and oxygen atoms in total. The van der Waals surface area contributed by atoms with E-state index in [1.165, 1.54) is 22.3 Å². The van der Waals surface area contributed by atoms with Crippen molar-refractivity contribution in [2.24, 2.45) is 0 Å². The van der Waals surface area contributed by atoms with E-state index in [0.29, 0.717) is 11.3 Å². The summed E-state index contributed by atoms with van der Waals surface area (Å²) in [5.74, 6) is 2.25. The number of carbonyl (C=O) groups excluding carboxylic acids is 1. The van der Waals surface area contributed by atoms with Gasteiger partial charge in [-0.1, -0.05) is 54.6 Å². The molecule has 0 aliphatic carbocycles. The lowest BCUT2D eigenvalue weighted by Gasteiger charge is -2.20. The minimum absolute atomic E-state index is 0.159. The topological polar surface area (TPSA) is 72.3 Å². The van der Waals surface area contributed by atoms with Gasteiger partial charge in [-0.2, -0.15) is 0 Å². The van der Waals surface area contributed by atoms with Gasteiger partial charge in [0.15, 0.2) is 5.82 Å². The third-order valence-corrected chi connectivity index (χ3v) is 7.03. The summed E-state index contributed by atoms with van der Waals surface area (Å²) in [6.07, 6.45) is 0.824. The summed E-state index contributed by atoms with van der Waals surface area (Å²) in [6, 6.07) is 24.3. The van der Waals surface area contributed by atoms with Gasteiger partial charge in [-0.3, -0.25) is 9.69 Å². The number of rotatable bonds is 7. The van der Waals surface area contributed by atoms with Crippen LogP contribution in [0.5, 0.6) is 5.75 Å². The second kappa shape index (κ2) is 11.0. The summed E-state index contributed by atoms with van der Waals surface area (Å²) in [7, 11) is 1.59. The summed E-state index contributed by atoms with van der Waals surface area (Å²) in [4.78, 5) is 15.3. The SMILES string of the molecule is COc1cccc(C(=O)N[C@H](C)c2nnc3n2CCN(Cc2ccc(-c4ccccc4C)cc2)CC3)c1. The lowest BCUT2D eigenvalue weighted by Crippen LogP contribution is -2.30. The predicted octanol–water partition coefficient (Wildman–Crippen LogP) is 4.81. The average molecular weight is 496 g/mol. The molecule has 0 spiro atoms. The zero-order valence-electron chi connectivity index (χ0n) is 21.6. The number of hydrogen-bond acceptors (Lipinski definition) is 5. The van der Waals surface area contributed by atoms with Crippen molar-refractivity contribution < 1.29 is 9.53 Å². The Kier molecular flexibility index (Phi) is 7.32. The predicted molar refractivity (Wildman–Crippen MR) is 144 cm³/mol. The molecule has 0 fully saturated rings. The Hall–Kier alpha value is -3.97. The molecule has 0 bridgehead atoms. The monoisotopic (exact) mass is 495 g/mol. The number of methoxy groups -OCH3 is 1. The fraction of sp³-hybridized carbons (Fsp3) is 0.300. The van der Waals surface area contributed by atoms with Crippen molar-refractivity contribution in [1.29, 1.82) is 0 Å². The molecular weight excluding hydrogens is 462 g/mol. The Bertz CT molecular complexity index is 1380. The number of nitrogens with zero attached hydrogens (tertiary/aromatic N) is 4. The summed E-state index contributed by atoms with van der Waals surface area (Å²) < 4.78 is 7.41. The Morgan fingerprint density at radius 3 is 2.59 bits per heavy atom. The van der Waals surface area contributed by atoms with E-state index in [9.17, 15) is 4.79 Å². The van der Waals surface area contributed by atoms with E-state index in [1.54, 1.807) is 19.2 Å². The largest absolute Gasteiger partial charge is 0.497 e. The molecule has 1 N–H and O–H groups in total. The second-order valence-corrected chi connectivity index (χ2v) is 9.59. The normalized spacial score (nSPS) is 14.5. The van der Waals surface area contributed by atoms with Crippen LogP contribution in [0.4, 0.5) is 0 Å². The van der Waals surface area contributed by atoms with Crippen molar-refractivity contribution in [2.45, 2.75) is 39.4 Å². The maximum Gasteiger partial charge on any atom is 0.251 e. The van der Waals surface area contributed by atoms with Crippen LogP contribution in [0, 0.1) is 6.92 Å². The van der Waals surface area contributed by atoms with E-state index in [-0.39, 0.29) is 11.9 Å². The number of amides is 1. The smallest absolute Gasteiger partial charge is 0.251 e. The molecule has 37 heavy (non-hydrogen) atoms. The van der Waals surface area contributed by atoms with Gasteiger partial charge in [0, 0.05) is 38.2 Å². The molecule has 0 radical (unpaired) electrons. The van der Waals surface area contributed by atoms with Crippen molar-refractivity contribution in [1.82, 2.24) is 25.0 Å². The van der Waals surface area contributed by atoms with E-state index in [2.05, 4.69) is 80.4 Å². The van der Waals surface area contributed by atoms with Gasteiger partial charge in [0.05, 0.1) is 13.2 Å². The lowest BCUT2D eigenvalue weighted by molar-refractivity contribution is 0.0937. The Morgan fingerprint density at radius 2 is 1.81 bits per heavy atom. The number of fused-ring (bicyclic) bond motifs is 1. The van der Waals surface area contributed by atoms with E-state index >= 15 is 0 Å². The zero-order chi connectivity index (χ0) is 25.8. The van der Waals surface area contributed by atoms with Crippen molar-refractivity contribution in [3.05, 3.63) is 101 Å². The number of carbonyl (C=O) groups is 1. The second-order valence-electron chi connectivity index (χ2n) is 9.59. The van der Waals surface area contributed by atoms with Gasteiger partial charge >= 0.3 is 0 Å². The molecule has 7 heteroatoms. The molecule has 0 saturated carbocycles. The molecule has 2 heterocycles. The fourth-order valence-corrected chi connectivity index (χ4v) is 4.92. The number of benzene rings is 3. The summed E-state index contributed by atoms with van der Waals surface area (Å²) >= 11 is 0. The number of ether oxygens (including phenoxy) is 1. The molecule has 190 valence electrons. The molecule has 5 rings (SSSR count). The van der Waals surface area contributed by atoms with Crippen molar-refractivity contribution in [3.8, 4) is 16.9 Å². The fourth-order valence-electron chi connectivity index (χ4n) is 4.92. The zero-order valence-corrected chi connectivity index (χ0v) is 21.6. The molecule has 0 saturated heterocycles. The highest BCUT2D eigenvalue weighted by Gasteiger charge is 2.23. The van der Waals surface area contributed by atoms with E-state index in [0.717, 1.165) is 44.2 Å². The minimum atomic E-state index is -0.263. The molecule has 1 aliphatic rings. The maximum atomic E-state index is 12.8. The summed E-state index contributed by atoms with van der Waals surface area (Å²) in [6.45, 7) is 7.60. The Labute approximate surface area is 218 Å². The van der Waals surface area contributed by atoms with E-state index in [4.69, 9.17) is 4.74 Å². The van der Waals surface area contributed by atoms with Crippen molar-refractivity contribution in [2.75, 3.05) is 20.2 Å². The van der Waals surface area contributed by atoms with Crippen LogP contribution in [0.1, 0.15) is 46.1 Å². The van der Waals surface area contributed by atoms with Crippen molar-refractivity contribution in [3.63, 3.8) is 0 Å². The summed E-state index contributed by atoms with van der Waals surface area (Å²) in [5.41, 5.74) is 5.67. The van der Waals surface area contributed by atoms with Crippen LogP contribution in [0.3, 0.4) is 0 Å². The third kappa shape index (κ3) is 5.57. The average Bonchev–Trinajstić information content (AvgIpc) is 3.23. The van der Waals surface area contributed by atoms with Gasteiger partial charge in [0.25, 0.3) is 5.91 Å². The van der Waals surface area contributed by atoms with Crippen LogP contribution in [0.25, 0.3) is 11.1 Å². The van der Waals surface area contributed by atoms with E-state index < -0.39 is 0 Å². The number of hydrogen-bond donors (Lipinski definition) is 1. The number of nitrogens with one attached hydrogen (secondary N) is 1. The molecule has 1 aromatic heterocycles. The van der Waals surface area contributed by atoms with Crippen LogP contribution in [0.2, 0.25) is 0 Å². The molecule has 0 unspecified atom stereocenters. The highest BCUT2D eigenvalue weighted by Crippen LogP contribution is 2.24. The first-order valence-corrected chi connectivity index (χ1v) is 12.8. The van der Waals surface area contributed by atoms with Gasteiger partial charge in [0.2, 0.25) is 0 Å². The van der Waals surface area contributed by atoms with Gasteiger partial charge in [-0.25, -0.2) is 0 Å². The van der Waals surface area contributed by atoms with Crippen LogP contribution >= 0.6 is 0 Å². The first-order valence-electron chi connectivity index (χ1n) is 12.8. The quantitative estimate of drug-likeness (QED) is 0.398. The molecular formula is C30H33N5O2. The number of aryl methyl sites for hydroxylation is 1. The Morgan fingerprint density at radius 1 is 1.00 bits per heavy atom. The van der Waals surface area contributed by atoms with Crippen LogP contribution in [0.15, 0.2) is 72.8 Å². The molecule has 4 aromatic rings. The van der Waals surface area contributed by atoms with Crippen LogP contribution in [-0.4, -0.2) is 45.8 Å². The van der Waals surface area contributed by atoms with Crippen LogP contribution in [-0.2, 0) is 19.5 Å². The van der Waals surface area contributed by atoms with Gasteiger partial charge in [-0.15, -0.1) is 10.2 Å². The van der Waals surface area contributed by atoms with Gasteiger partial charge in [0.1, 0.15) is 11.6 Å². The highest BCUT2D eigenvalue weighted by atomic mass is 16.5. The molecule has 1 amide bonds. The van der Waals surface area contributed by atoms with Gasteiger partial charge in [-0.05, 0) is 54.3 Å². The lowest BCUT2D eigenvalue weighted by atomic mass is 9.99. The highest BCUT2D eigenvalue weighted by molar-refractivity contribution is 5.94. The van der Waals surface area contributed by atoms with Crippen LogP contribution < -0.4 is 10.1 Å². The van der Waals surface area contributed by atoms with Crippen molar-refractivity contribution >= 4 is 5.91 Å². The molecule has 3 aromatic carbocycles. The molecule has 1 aliphatic heterocycles. The summed E-state index contributed by atoms with van der Waals surface area (Å²) in [5, 5.41) is 11.9. The molecule has 1 atom stereocenters. The first-order chi connectivity index (χ1) is 18.0. The maximum absolute atomic E-state index is 12.8. The third-order valence-electron chi connectivity index (χ3n) is 7.03. The first kappa shape index (κ1) is 24.7.